The van der Waals surface area contributed by atoms with Crippen molar-refractivity contribution >= 4 is 23.4 Å². The lowest BCUT2D eigenvalue weighted by atomic mass is 9.99. The van der Waals surface area contributed by atoms with Crippen molar-refractivity contribution in [3.63, 3.8) is 0 Å². The quantitative estimate of drug-likeness (QED) is 0.758. The van der Waals surface area contributed by atoms with Gasteiger partial charge in [-0.25, -0.2) is 4.98 Å². The van der Waals surface area contributed by atoms with Crippen LogP contribution in [0.4, 0.5) is 0 Å². The van der Waals surface area contributed by atoms with Crippen LogP contribution in [0.25, 0.3) is 22.2 Å². The number of benzene rings is 1. The van der Waals surface area contributed by atoms with Crippen LogP contribution in [-0.2, 0) is 0 Å². The molecule has 1 fully saturated rings. The Balaban J connectivity index is 0.00000169. The van der Waals surface area contributed by atoms with Crippen LogP contribution in [0.3, 0.4) is 0 Å². The number of aromatic amines is 1. The van der Waals surface area contributed by atoms with Gasteiger partial charge in [0.05, 0.1) is 0 Å². The number of aromatic nitrogens is 2. The first-order valence-corrected chi connectivity index (χ1v) is 8.05. The molecule has 2 N–H and O–H groups in total. The molecule has 0 spiro atoms. The Bertz CT molecular complexity index is 900. The molecule has 1 aromatic carbocycles. The zero-order chi connectivity index (χ0) is 15.8. The molecule has 24 heavy (non-hydrogen) atoms. The molecule has 1 aliphatic carbocycles. The third kappa shape index (κ3) is 3.35. The first kappa shape index (κ1) is 16.7. The molecule has 0 bridgehead atoms. The fraction of sp³-hybridized carbons (Fsp3) is 0.263. The van der Waals surface area contributed by atoms with E-state index in [0.29, 0.717) is 17.7 Å². The van der Waals surface area contributed by atoms with Gasteiger partial charge in [-0.15, -0.1) is 12.4 Å². The van der Waals surface area contributed by atoms with Crippen LogP contribution >= 0.6 is 12.4 Å². The molecule has 0 aliphatic heterocycles. The van der Waals surface area contributed by atoms with Gasteiger partial charge in [-0.2, -0.15) is 0 Å². The Morgan fingerprint density at radius 1 is 1.12 bits per heavy atom. The number of nitrogens with zero attached hydrogens (tertiary/aromatic N) is 1. The minimum absolute atomic E-state index is 0. The van der Waals surface area contributed by atoms with Gasteiger partial charge in [0, 0.05) is 29.7 Å². The summed E-state index contributed by atoms with van der Waals surface area (Å²) in [5.41, 5.74) is 4.01. The standard InChI is InChI=1S/C19H19N3O.ClH/c1-12(21-15-6-7-15)13-2-4-14(5-3-13)16-10-11-20-19-17(16)8-9-18(23)22-19;/h2-5,8-12,15,21H,6-7H2,1H3,(H,20,22,23);1H/t12-;/m1./s1. The third-order valence-corrected chi connectivity index (χ3v) is 4.42. The van der Waals surface area contributed by atoms with E-state index in [0.717, 1.165) is 16.5 Å². The van der Waals surface area contributed by atoms with Crippen molar-refractivity contribution in [2.75, 3.05) is 0 Å². The van der Waals surface area contributed by atoms with E-state index in [1.54, 1.807) is 12.3 Å². The Hall–Kier alpha value is -2.17. The molecule has 0 saturated heterocycles. The number of H-pyrrole nitrogens is 1. The smallest absolute Gasteiger partial charge is 0.249 e. The van der Waals surface area contributed by atoms with E-state index >= 15 is 0 Å². The van der Waals surface area contributed by atoms with Crippen molar-refractivity contribution in [1.29, 1.82) is 0 Å². The average Bonchev–Trinajstić information content (AvgIpc) is 3.38. The maximum Gasteiger partial charge on any atom is 0.249 e. The van der Waals surface area contributed by atoms with E-state index in [4.69, 9.17) is 0 Å². The van der Waals surface area contributed by atoms with E-state index < -0.39 is 0 Å². The van der Waals surface area contributed by atoms with E-state index in [1.165, 1.54) is 18.4 Å². The largest absolute Gasteiger partial charge is 0.307 e. The number of nitrogens with one attached hydrogen (secondary N) is 2. The molecule has 1 saturated carbocycles. The lowest BCUT2D eigenvalue weighted by molar-refractivity contribution is 0.571. The molecular weight excluding hydrogens is 322 g/mol. The third-order valence-electron chi connectivity index (χ3n) is 4.42. The molecule has 3 aromatic rings. The molecule has 2 aromatic heterocycles. The summed E-state index contributed by atoms with van der Waals surface area (Å²) >= 11 is 0. The first-order valence-electron chi connectivity index (χ1n) is 8.05. The van der Waals surface area contributed by atoms with Crippen LogP contribution in [-0.4, -0.2) is 16.0 Å². The molecule has 1 atom stereocenters. The highest BCUT2D eigenvalue weighted by molar-refractivity contribution is 5.92. The van der Waals surface area contributed by atoms with Gasteiger partial charge >= 0.3 is 0 Å². The Labute approximate surface area is 146 Å². The highest BCUT2D eigenvalue weighted by atomic mass is 35.5. The van der Waals surface area contributed by atoms with Gasteiger partial charge in [0.1, 0.15) is 5.65 Å². The summed E-state index contributed by atoms with van der Waals surface area (Å²) in [4.78, 5) is 18.5. The predicted octanol–water partition coefficient (Wildman–Crippen LogP) is 3.82. The summed E-state index contributed by atoms with van der Waals surface area (Å²) in [6, 6.07) is 15.1. The Morgan fingerprint density at radius 3 is 2.58 bits per heavy atom. The summed E-state index contributed by atoms with van der Waals surface area (Å²) in [5.74, 6) is 0. The van der Waals surface area contributed by atoms with Crippen LogP contribution in [0, 0.1) is 0 Å². The average molecular weight is 342 g/mol. The van der Waals surface area contributed by atoms with E-state index in [-0.39, 0.29) is 18.0 Å². The summed E-state index contributed by atoms with van der Waals surface area (Å²) in [5, 5.41) is 4.58. The molecule has 4 rings (SSSR count). The van der Waals surface area contributed by atoms with Gasteiger partial charge in [-0.3, -0.25) is 4.79 Å². The maximum atomic E-state index is 11.4. The molecule has 0 amide bonds. The summed E-state index contributed by atoms with van der Waals surface area (Å²) in [6.45, 7) is 2.21. The fourth-order valence-electron chi connectivity index (χ4n) is 2.96. The van der Waals surface area contributed by atoms with Gasteiger partial charge in [-0.1, -0.05) is 24.3 Å². The SMILES string of the molecule is C[C@@H](NC1CC1)c1ccc(-c2ccnc3[nH]c(=O)ccc23)cc1.Cl. The Morgan fingerprint density at radius 2 is 1.88 bits per heavy atom. The fourth-order valence-corrected chi connectivity index (χ4v) is 2.96. The zero-order valence-corrected chi connectivity index (χ0v) is 14.3. The molecule has 1 aliphatic rings. The molecule has 4 nitrogen and oxygen atoms in total. The second kappa shape index (κ2) is 6.75. The number of rotatable bonds is 4. The molecule has 0 radical (unpaired) electrons. The second-order valence-corrected chi connectivity index (χ2v) is 6.23. The monoisotopic (exact) mass is 341 g/mol. The number of hydrogen-bond acceptors (Lipinski definition) is 3. The lowest BCUT2D eigenvalue weighted by Gasteiger charge is -2.14. The minimum atomic E-state index is -0.127. The zero-order valence-electron chi connectivity index (χ0n) is 13.5. The summed E-state index contributed by atoms with van der Waals surface area (Å²) in [6.07, 6.45) is 4.33. The molecule has 2 heterocycles. The van der Waals surface area contributed by atoms with Crippen LogP contribution in [0.15, 0.2) is 53.5 Å². The summed E-state index contributed by atoms with van der Waals surface area (Å²) in [7, 11) is 0. The number of pyridine rings is 2. The van der Waals surface area contributed by atoms with E-state index in [2.05, 4.69) is 46.5 Å². The van der Waals surface area contributed by atoms with Gasteiger partial charge in [-0.05, 0) is 48.6 Å². The van der Waals surface area contributed by atoms with Crippen molar-refractivity contribution in [1.82, 2.24) is 15.3 Å². The van der Waals surface area contributed by atoms with E-state index in [9.17, 15) is 4.79 Å². The number of hydrogen-bond donors (Lipinski definition) is 2. The van der Waals surface area contributed by atoms with Crippen molar-refractivity contribution < 1.29 is 0 Å². The van der Waals surface area contributed by atoms with Gasteiger partial charge in [0.25, 0.3) is 0 Å². The molecule has 124 valence electrons. The van der Waals surface area contributed by atoms with Crippen molar-refractivity contribution in [3.8, 4) is 11.1 Å². The molecular formula is C19H20ClN3O. The Kier molecular flexibility index (Phi) is 4.69. The van der Waals surface area contributed by atoms with Gasteiger partial charge in [0.15, 0.2) is 0 Å². The second-order valence-electron chi connectivity index (χ2n) is 6.23. The molecule has 5 heteroatoms. The van der Waals surface area contributed by atoms with Crippen molar-refractivity contribution in [3.05, 3.63) is 64.6 Å². The van der Waals surface area contributed by atoms with Crippen LogP contribution in [0.5, 0.6) is 0 Å². The highest BCUT2D eigenvalue weighted by Crippen LogP contribution is 2.28. The van der Waals surface area contributed by atoms with Crippen molar-refractivity contribution in [2.45, 2.75) is 31.8 Å². The van der Waals surface area contributed by atoms with Crippen molar-refractivity contribution in [2.24, 2.45) is 0 Å². The van der Waals surface area contributed by atoms with Crippen LogP contribution in [0.1, 0.15) is 31.4 Å². The maximum absolute atomic E-state index is 11.4. The highest BCUT2D eigenvalue weighted by Gasteiger charge is 2.23. The van der Waals surface area contributed by atoms with Crippen LogP contribution in [0.2, 0.25) is 0 Å². The number of fused-ring (bicyclic) bond motifs is 1. The lowest BCUT2D eigenvalue weighted by Crippen LogP contribution is -2.20. The van der Waals surface area contributed by atoms with Crippen LogP contribution < -0.4 is 10.9 Å². The van der Waals surface area contributed by atoms with E-state index in [1.807, 2.05) is 12.1 Å². The van der Waals surface area contributed by atoms with Gasteiger partial charge in [0.2, 0.25) is 5.56 Å². The summed E-state index contributed by atoms with van der Waals surface area (Å²) < 4.78 is 0. The van der Waals surface area contributed by atoms with Gasteiger partial charge < -0.3 is 10.3 Å². The first-order chi connectivity index (χ1) is 11.2. The predicted molar refractivity (Wildman–Crippen MR) is 99.6 cm³/mol. The minimum Gasteiger partial charge on any atom is -0.307 e. The topological polar surface area (TPSA) is 57.8 Å². The molecule has 0 unspecified atom stereocenters. The normalized spacial score (nSPS) is 15.0. The number of halogens is 1.